The van der Waals surface area contributed by atoms with Crippen molar-refractivity contribution in [3.05, 3.63) is 53.8 Å². The highest BCUT2D eigenvalue weighted by molar-refractivity contribution is 6.05. The van der Waals surface area contributed by atoms with Crippen molar-refractivity contribution >= 4 is 5.78 Å². The largest absolute Gasteiger partial charge is 0.508 e. The van der Waals surface area contributed by atoms with Crippen molar-refractivity contribution in [1.82, 2.24) is 0 Å². The lowest BCUT2D eigenvalue weighted by Gasteiger charge is -2.33. The summed E-state index contributed by atoms with van der Waals surface area (Å²) in [6.07, 6.45) is -2.14. The summed E-state index contributed by atoms with van der Waals surface area (Å²) in [5.74, 6) is -1.71. The van der Waals surface area contributed by atoms with Gasteiger partial charge in [0.2, 0.25) is 11.9 Å². The molecule has 0 aromatic heterocycles. The fourth-order valence-electron chi connectivity index (χ4n) is 2.70. The van der Waals surface area contributed by atoms with E-state index >= 15 is 0 Å². The van der Waals surface area contributed by atoms with Gasteiger partial charge in [0, 0.05) is 17.7 Å². The summed E-state index contributed by atoms with van der Waals surface area (Å²) < 4.78 is 11.3. The van der Waals surface area contributed by atoms with Gasteiger partial charge < -0.3 is 29.9 Å². The standard InChI is InChI=1S/C18H16O7/c1-8(2)24-18-16(23)15-13(22)6-10(19)7-14(15)25-17(18)9-3-4-11(20)12(21)5-9/h3-7,17-22H,1H2,2H3. The van der Waals surface area contributed by atoms with E-state index < -0.39 is 23.7 Å². The second-order valence-corrected chi connectivity index (χ2v) is 5.73. The minimum absolute atomic E-state index is 0.0124. The van der Waals surface area contributed by atoms with Crippen LogP contribution in [0.5, 0.6) is 28.7 Å². The molecule has 130 valence electrons. The Morgan fingerprint density at radius 2 is 1.80 bits per heavy atom. The quantitative estimate of drug-likeness (QED) is 0.500. The van der Waals surface area contributed by atoms with E-state index in [2.05, 4.69) is 6.58 Å². The van der Waals surface area contributed by atoms with Crippen LogP contribution in [0.1, 0.15) is 28.9 Å². The average molecular weight is 344 g/mol. The molecule has 1 aliphatic rings. The number of ketones is 1. The molecule has 0 fully saturated rings. The number of fused-ring (bicyclic) bond motifs is 1. The molecular weight excluding hydrogens is 328 g/mol. The number of hydrogen-bond acceptors (Lipinski definition) is 7. The summed E-state index contributed by atoms with van der Waals surface area (Å²) in [4.78, 5) is 12.8. The van der Waals surface area contributed by atoms with Gasteiger partial charge in [-0.2, -0.15) is 0 Å². The Hall–Kier alpha value is -3.35. The summed E-state index contributed by atoms with van der Waals surface area (Å²) in [5.41, 5.74) is 0.256. The van der Waals surface area contributed by atoms with Crippen LogP contribution in [-0.4, -0.2) is 32.3 Å². The molecule has 7 heteroatoms. The van der Waals surface area contributed by atoms with E-state index in [0.29, 0.717) is 5.56 Å². The summed E-state index contributed by atoms with van der Waals surface area (Å²) >= 11 is 0. The first-order chi connectivity index (χ1) is 11.8. The van der Waals surface area contributed by atoms with Crippen LogP contribution in [0.15, 0.2) is 42.7 Å². The van der Waals surface area contributed by atoms with Gasteiger partial charge >= 0.3 is 0 Å². The molecule has 25 heavy (non-hydrogen) atoms. The van der Waals surface area contributed by atoms with Gasteiger partial charge in [-0.1, -0.05) is 12.6 Å². The number of phenolic OH excluding ortho intramolecular Hbond substituents is 4. The number of allylic oxidation sites excluding steroid dienone is 1. The van der Waals surface area contributed by atoms with Crippen LogP contribution in [0, 0.1) is 0 Å². The molecule has 1 aliphatic heterocycles. The number of carbonyl (C=O) groups excluding carboxylic acids is 1. The molecule has 4 N–H and O–H groups in total. The minimum Gasteiger partial charge on any atom is -0.508 e. The van der Waals surface area contributed by atoms with E-state index in [1.54, 1.807) is 6.92 Å². The third-order valence-electron chi connectivity index (χ3n) is 3.76. The number of carbonyl (C=O) groups is 1. The van der Waals surface area contributed by atoms with Crippen LogP contribution in [0.25, 0.3) is 0 Å². The molecule has 0 aliphatic carbocycles. The van der Waals surface area contributed by atoms with Crippen LogP contribution in [0.3, 0.4) is 0 Å². The van der Waals surface area contributed by atoms with Crippen molar-refractivity contribution in [1.29, 1.82) is 0 Å². The van der Waals surface area contributed by atoms with Crippen LogP contribution < -0.4 is 4.74 Å². The van der Waals surface area contributed by atoms with E-state index in [0.717, 1.165) is 6.07 Å². The Kier molecular flexibility index (Phi) is 3.92. The van der Waals surface area contributed by atoms with Crippen molar-refractivity contribution in [2.24, 2.45) is 0 Å². The predicted octanol–water partition coefficient (Wildman–Crippen LogP) is 2.74. The SMILES string of the molecule is C=C(C)OC1C(=O)c2c(O)cc(O)cc2OC1c1ccc(O)c(O)c1. The maximum Gasteiger partial charge on any atom is 0.215 e. The zero-order valence-corrected chi connectivity index (χ0v) is 13.3. The number of Topliss-reactive ketones (excluding diaryl/α,β-unsaturated/α-hetero) is 1. The first-order valence-electron chi connectivity index (χ1n) is 7.39. The Morgan fingerprint density at radius 1 is 1.08 bits per heavy atom. The summed E-state index contributed by atoms with van der Waals surface area (Å²) in [6, 6.07) is 6.21. The first kappa shape index (κ1) is 16.5. The molecular formula is C18H16O7. The fraction of sp³-hybridized carbons (Fsp3) is 0.167. The molecule has 3 rings (SSSR count). The van der Waals surface area contributed by atoms with Gasteiger partial charge in [0.15, 0.2) is 17.6 Å². The van der Waals surface area contributed by atoms with Gasteiger partial charge in [-0.3, -0.25) is 4.79 Å². The van der Waals surface area contributed by atoms with Crippen LogP contribution in [0.2, 0.25) is 0 Å². The minimum atomic E-state index is -1.16. The molecule has 2 unspecified atom stereocenters. The van der Waals surface area contributed by atoms with E-state index in [-0.39, 0.29) is 34.3 Å². The second kappa shape index (κ2) is 5.94. The lowest BCUT2D eigenvalue weighted by atomic mass is 9.92. The van der Waals surface area contributed by atoms with Crippen molar-refractivity contribution in [3.63, 3.8) is 0 Å². The Labute approximate surface area is 143 Å². The number of ether oxygens (including phenoxy) is 2. The zero-order chi connectivity index (χ0) is 18.3. The first-order valence-corrected chi connectivity index (χ1v) is 7.39. The Bertz CT molecular complexity index is 872. The second-order valence-electron chi connectivity index (χ2n) is 5.73. The number of rotatable bonds is 3. The van der Waals surface area contributed by atoms with Gasteiger partial charge in [-0.05, 0) is 19.1 Å². The maximum absolute atomic E-state index is 12.8. The summed E-state index contributed by atoms with van der Waals surface area (Å²) in [5, 5.41) is 38.8. The summed E-state index contributed by atoms with van der Waals surface area (Å²) in [7, 11) is 0. The molecule has 0 saturated carbocycles. The molecule has 0 saturated heterocycles. The highest BCUT2D eigenvalue weighted by atomic mass is 16.6. The number of hydrogen-bond donors (Lipinski definition) is 4. The Balaban J connectivity index is 2.13. The third-order valence-corrected chi connectivity index (χ3v) is 3.76. The van der Waals surface area contributed by atoms with Crippen molar-refractivity contribution in [3.8, 4) is 28.7 Å². The van der Waals surface area contributed by atoms with E-state index in [9.17, 15) is 25.2 Å². The molecule has 2 aromatic carbocycles. The van der Waals surface area contributed by atoms with Gasteiger partial charge in [-0.25, -0.2) is 0 Å². The molecule has 0 spiro atoms. The fourth-order valence-corrected chi connectivity index (χ4v) is 2.70. The lowest BCUT2D eigenvalue weighted by molar-refractivity contribution is 0.00522. The van der Waals surface area contributed by atoms with Crippen LogP contribution in [-0.2, 0) is 4.74 Å². The highest BCUT2D eigenvalue weighted by Gasteiger charge is 2.42. The van der Waals surface area contributed by atoms with Crippen molar-refractivity contribution in [2.75, 3.05) is 0 Å². The molecule has 1 heterocycles. The molecule has 0 amide bonds. The van der Waals surface area contributed by atoms with Gasteiger partial charge in [0.05, 0.1) is 5.76 Å². The molecule has 2 aromatic rings. The van der Waals surface area contributed by atoms with Gasteiger partial charge in [0.25, 0.3) is 0 Å². The third kappa shape index (κ3) is 2.91. The predicted molar refractivity (Wildman–Crippen MR) is 86.9 cm³/mol. The Morgan fingerprint density at radius 3 is 2.44 bits per heavy atom. The topological polar surface area (TPSA) is 116 Å². The van der Waals surface area contributed by atoms with E-state index in [1.807, 2.05) is 0 Å². The molecule has 2 atom stereocenters. The maximum atomic E-state index is 12.8. The molecule has 0 radical (unpaired) electrons. The molecule has 0 bridgehead atoms. The smallest absolute Gasteiger partial charge is 0.215 e. The van der Waals surface area contributed by atoms with Crippen LogP contribution >= 0.6 is 0 Å². The van der Waals surface area contributed by atoms with E-state index in [1.165, 1.54) is 24.3 Å². The number of benzene rings is 2. The van der Waals surface area contributed by atoms with E-state index in [4.69, 9.17) is 9.47 Å². The average Bonchev–Trinajstić information content (AvgIpc) is 2.51. The van der Waals surface area contributed by atoms with Crippen molar-refractivity contribution < 1.29 is 34.7 Å². The lowest BCUT2D eigenvalue weighted by Crippen LogP contribution is -2.38. The zero-order valence-electron chi connectivity index (χ0n) is 13.3. The summed E-state index contributed by atoms with van der Waals surface area (Å²) in [6.45, 7) is 5.17. The normalized spacial score (nSPS) is 19.0. The van der Waals surface area contributed by atoms with Crippen LogP contribution in [0.4, 0.5) is 0 Å². The van der Waals surface area contributed by atoms with Crippen molar-refractivity contribution in [2.45, 2.75) is 19.1 Å². The van der Waals surface area contributed by atoms with Gasteiger partial charge in [-0.15, -0.1) is 0 Å². The van der Waals surface area contributed by atoms with Gasteiger partial charge in [0.1, 0.15) is 22.8 Å². The number of aromatic hydroxyl groups is 4. The molecule has 7 nitrogen and oxygen atoms in total. The highest BCUT2D eigenvalue weighted by Crippen LogP contribution is 2.44. The number of phenols is 4. The monoisotopic (exact) mass is 344 g/mol.